The van der Waals surface area contributed by atoms with Gasteiger partial charge in [0.05, 0.1) is 6.20 Å². The molecule has 216 valence electrons. The van der Waals surface area contributed by atoms with Crippen molar-refractivity contribution in [3.63, 3.8) is 0 Å². The minimum absolute atomic E-state index is 0.159. The van der Waals surface area contributed by atoms with Crippen molar-refractivity contribution >= 4 is 5.78 Å². The van der Waals surface area contributed by atoms with E-state index in [0.717, 1.165) is 62.1 Å². The summed E-state index contributed by atoms with van der Waals surface area (Å²) in [4.78, 5) is 13.5. The number of hydrogen-bond acceptors (Lipinski definition) is 4. The van der Waals surface area contributed by atoms with E-state index < -0.39 is 0 Å². The first kappa shape index (κ1) is 27.1. The first-order chi connectivity index (χ1) is 20.5. The molecule has 0 N–H and O–H groups in total. The first-order valence-corrected chi connectivity index (χ1v) is 15.8. The highest BCUT2D eigenvalue weighted by atomic mass is 16.5. The van der Waals surface area contributed by atoms with E-state index in [-0.39, 0.29) is 5.41 Å². The Balaban J connectivity index is 1.02. The lowest BCUT2D eigenvalue weighted by atomic mass is 9.54. The van der Waals surface area contributed by atoms with Gasteiger partial charge in [0.15, 0.2) is 0 Å². The monoisotopic (exact) mass is 559 g/mol. The van der Waals surface area contributed by atoms with Gasteiger partial charge in [-0.2, -0.15) is 0 Å². The van der Waals surface area contributed by atoms with Gasteiger partial charge in [-0.25, -0.2) is 0 Å². The summed E-state index contributed by atoms with van der Waals surface area (Å²) >= 11 is 0. The lowest BCUT2D eigenvalue weighted by Crippen LogP contribution is -2.44. The van der Waals surface area contributed by atoms with E-state index in [2.05, 4.69) is 97.1 Å². The highest BCUT2D eigenvalue weighted by molar-refractivity contribution is 5.87. The van der Waals surface area contributed by atoms with Crippen LogP contribution in [0.5, 0.6) is 5.75 Å². The van der Waals surface area contributed by atoms with Gasteiger partial charge in [-0.05, 0) is 97.9 Å². The van der Waals surface area contributed by atoms with Gasteiger partial charge in [0.2, 0.25) is 0 Å². The lowest BCUT2D eigenvalue weighted by molar-refractivity contribution is -0.129. The lowest BCUT2D eigenvalue weighted by Gasteiger charge is -2.50. The maximum Gasteiger partial charge on any atom is 0.139 e. The fourth-order valence-electron chi connectivity index (χ4n) is 8.49. The van der Waals surface area contributed by atoms with Crippen LogP contribution in [0.25, 0.3) is 11.3 Å². The predicted octanol–water partition coefficient (Wildman–Crippen LogP) is 7.96. The van der Waals surface area contributed by atoms with Crippen LogP contribution in [0.15, 0.2) is 79.0 Å². The summed E-state index contributed by atoms with van der Waals surface area (Å²) in [5.41, 5.74) is 7.25. The number of carbonyl (C=O) groups excluding carboxylic acids is 1. The molecule has 3 aliphatic carbocycles. The molecule has 1 aromatic heterocycles. The zero-order valence-electron chi connectivity index (χ0n) is 24.8. The molecule has 42 heavy (non-hydrogen) atoms. The number of ketones is 1. The van der Waals surface area contributed by atoms with Crippen LogP contribution < -0.4 is 4.74 Å². The third-order valence-corrected chi connectivity index (χ3v) is 10.6. The first-order valence-electron chi connectivity index (χ1n) is 15.8. The van der Waals surface area contributed by atoms with E-state index in [4.69, 9.17) is 4.74 Å². The zero-order chi connectivity index (χ0) is 28.7. The molecule has 0 spiro atoms. The van der Waals surface area contributed by atoms with E-state index in [1.54, 1.807) is 0 Å². The molecule has 4 aromatic rings. The summed E-state index contributed by atoms with van der Waals surface area (Å²) in [5.74, 6) is 3.55. The number of aromatic nitrogens is 3. The molecular formula is C37H41N3O2. The average Bonchev–Trinajstić information content (AvgIpc) is 3.58. The minimum atomic E-state index is -0.159. The van der Waals surface area contributed by atoms with Gasteiger partial charge in [0, 0.05) is 23.9 Å². The van der Waals surface area contributed by atoms with Crippen LogP contribution in [0.3, 0.4) is 0 Å². The molecule has 2 fully saturated rings. The van der Waals surface area contributed by atoms with E-state index in [0.29, 0.717) is 36.1 Å². The number of fused-ring (bicyclic) bond motifs is 5. The third-order valence-electron chi connectivity index (χ3n) is 10.6. The summed E-state index contributed by atoms with van der Waals surface area (Å²) in [7, 11) is 0. The minimum Gasteiger partial charge on any atom is -0.489 e. The average molecular weight is 560 g/mol. The highest BCUT2D eigenvalue weighted by Gasteiger charge is 2.58. The maximum atomic E-state index is 13.5. The Bertz CT molecular complexity index is 1560. The van der Waals surface area contributed by atoms with Gasteiger partial charge in [-0.1, -0.05) is 78.4 Å². The molecule has 0 aliphatic heterocycles. The molecule has 7 rings (SSSR count). The fraction of sp³-hybridized carbons (Fsp3) is 0.432. The third kappa shape index (κ3) is 5.08. The molecule has 3 aliphatic rings. The van der Waals surface area contributed by atoms with Crippen molar-refractivity contribution in [1.29, 1.82) is 0 Å². The quantitative estimate of drug-likeness (QED) is 0.220. The largest absolute Gasteiger partial charge is 0.489 e. The number of ether oxygens (including phenoxy) is 1. The predicted molar refractivity (Wildman–Crippen MR) is 165 cm³/mol. The van der Waals surface area contributed by atoms with Gasteiger partial charge in [0.25, 0.3) is 0 Å². The summed E-state index contributed by atoms with van der Waals surface area (Å²) in [6.45, 7) is 5.82. The van der Waals surface area contributed by atoms with Crippen molar-refractivity contribution in [2.24, 2.45) is 23.2 Å². The van der Waals surface area contributed by atoms with Gasteiger partial charge < -0.3 is 4.74 Å². The summed E-state index contributed by atoms with van der Waals surface area (Å²) in [6, 6.07) is 25.6. The number of aryl methyl sites for hydroxylation is 3. The van der Waals surface area contributed by atoms with Crippen LogP contribution in [0.4, 0.5) is 0 Å². The zero-order valence-corrected chi connectivity index (χ0v) is 24.8. The Labute approximate surface area is 249 Å². The van der Waals surface area contributed by atoms with Crippen molar-refractivity contribution < 1.29 is 9.53 Å². The second kappa shape index (κ2) is 11.2. The Hall–Kier alpha value is -3.73. The molecule has 0 bridgehead atoms. The Morgan fingerprint density at radius 3 is 2.69 bits per heavy atom. The standard InChI is InChI=1S/C37H41N3O2/c1-25-10-12-27(13-11-25)34-23-40(39-38-34)20-6-9-29-22-35(41)37(2)19-18-32-31-17-15-30(42-24-26-7-4-3-5-8-26)21-28(31)14-16-33(32)36(29)37/h3-5,7-8,10-13,15,17,21,23,29,32-33,36H,6,9,14,16,18-20,22,24H2,1-2H3. The van der Waals surface area contributed by atoms with E-state index in [9.17, 15) is 4.79 Å². The topological polar surface area (TPSA) is 57.0 Å². The van der Waals surface area contributed by atoms with Crippen LogP contribution >= 0.6 is 0 Å². The normalized spacial score (nSPS) is 26.4. The van der Waals surface area contributed by atoms with Crippen LogP contribution in [0.1, 0.15) is 73.6 Å². The summed E-state index contributed by atoms with van der Waals surface area (Å²) < 4.78 is 8.14. The molecular weight excluding hydrogens is 518 g/mol. The SMILES string of the molecule is Cc1ccc(-c2cn(CCCC3CC(=O)C4(C)CCC5c6ccc(OCc7ccccc7)cc6CCC5C34)nn2)cc1. The molecule has 5 atom stereocenters. The summed E-state index contributed by atoms with van der Waals surface area (Å²) in [5, 5.41) is 8.82. The Kier molecular flexibility index (Phi) is 7.21. The number of rotatable bonds is 8. The van der Waals surface area contributed by atoms with Gasteiger partial charge in [0.1, 0.15) is 23.8 Å². The van der Waals surface area contributed by atoms with Gasteiger partial charge in [-0.15, -0.1) is 5.10 Å². The maximum absolute atomic E-state index is 13.5. The molecule has 5 heteroatoms. The van der Waals surface area contributed by atoms with Crippen LogP contribution in [-0.4, -0.2) is 20.8 Å². The van der Waals surface area contributed by atoms with Gasteiger partial charge >= 0.3 is 0 Å². The molecule has 0 radical (unpaired) electrons. The number of nitrogens with zero attached hydrogens (tertiary/aromatic N) is 3. The van der Waals surface area contributed by atoms with Gasteiger partial charge in [-0.3, -0.25) is 9.48 Å². The molecule has 2 saturated carbocycles. The molecule has 3 aromatic carbocycles. The molecule has 5 nitrogen and oxygen atoms in total. The number of Topliss-reactive ketones (excluding diaryl/α,β-unsaturated/α-hetero) is 1. The summed E-state index contributed by atoms with van der Waals surface area (Å²) in [6.07, 6.45) is 9.29. The van der Waals surface area contributed by atoms with Crippen molar-refractivity contribution in [2.45, 2.75) is 77.9 Å². The fourth-order valence-corrected chi connectivity index (χ4v) is 8.49. The number of hydrogen-bond donors (Lipinski definition) is 0. The van der Waals surface area contributed by atoms with Crippen molar-refractivity contribution in [1.82, 2.24) is 15.0 Å². The van der Waals surface area contributed by atoms with Crippen molar-refractivity contribution in [3.8, 4) is 17.0 Å². The Morgan fingerprint density at radius 1 is 1.02 bits per heavy atom. The van der Waals surface area contributed by atoms with E-state index >= 15 is 0 Å². The van der Waals surface area contributed by atoms with Crippen molar-refractivity contribution in [2.75, 3.05) is 0 Å². The number of carbonyl (C=O) groups is 1. The number of benzene rings is 3. The molecule has 0 amide bonds. The van der Waals surface area contributed by atoms with E-state index in [1.807, 2.05) is 10.7 Å². The van der Waals surface area contributed by atoms with Crippen LogP contribution in [0, 0.1) is 30.1 Å². The smallest absolute Gasteiger partial charge is 0.139 e. The van der Waals surface area contributed by atoms with Crippen LogP contribution in [-0.2, 0) is 24.4 Å². The van der Waals surface area contributed by atoms with Crippen molar-refractivity contribution in [3.05, 3.63) is 101 Å². The Morgan fingerprint density at radius 2 is 1.86 bits per heavy atom. The second-order valence-electron chi connectivity index (χ2n) is 13.2. The van der Waals surface area contributed by atoms with Crippen LogP contribution in [0.2, 0.25) is 0 Å². The highest BCUT2D eigenvalue weighted by Crippen LogP contribution is 2.62. The molecule has 0 saturated heterocycles. The van der Waals surface area contributed by atoms with E-state index in [1.165, 1.54) is 28.7 Å². The molecule has 1 heterocycles. The molecule has 5 unspecified atom stereocenters. The second-order valence-corrected chi connectivity index (χ2v) is 13.2.